The Morgan fingerprint density at radius 1 is 1.05 bits per heavy atom. The number of likely N-dealkylation sites (tertiary alicyclic amines) is 1. The SMILES string of the molecule is CN=C1N(c2cccc(Cl)c2C=O)c2cc(C3CCN(CC4CCC(/C(N)=C/NN)CC4)CC3)ccc2C12CCCCC2. The molecule has 230 valence electrons. The second kappa shape index (κ2) is 13.0. The molecular weight excluding hydrogens is 556 g/mol. The number of rotatable bonds is 7. The largest absolute Gasteiger partial charge is 0.401 e. The van der Waals surface area contributed by atoms with Gasteiger partial charge in [-0.25, -0.2) is 0 Å². The number of nitrogens with two attached hydrogens (primary N) is 2. The fourth-order valence-electron chi connectivity index (χ4n) is 8.59. The summed E-state index contributed by atoms with van der Waals surface area (Å²) in [5, 5.41) is 0.485. The van der Waals surface area contributed by atoms with Gasteiger partial charge in [0.05, 0.1) is 27.4 Å². The molecule has 2 aliphatic heterocycles. The van der Waals surface area contributed by atoms with Crippen molar-refractivity contribution in [3.63, 3.8) is 0 Å². The lowest BCUT2D eigenvalue weighted by molar-refractivity contribution is 0.112. The van der Waals surface area contributed by atoms with Gasteiger partial charge in [-0.3, -0.25) is 20.5 Å². The first kappa shape index (κ1) is 30.2. The lowest BCUT2D eigenvalue weighted by Crippen LogP contribution is -2.40. The summed E-state index contributed by atoms with van der Waals surface area (Å²) in [6.07, 6.45) is 15.6. The number of piperidine rings is 1. The maximum Gasteiger partial charge on any atom is 0.153 e. The minimum Gasteiger partial charge on any atom is -0.401 e. The number of carbonyl (C=O) groups is 1. The first-order valence-corrected chi connectivity index (χ1v) is 16.7. The molecule has 0 aromatic heterocycles. The number of anilines is 2. The molecule has 2 aliphatic carbocycles. The fourth-order valence-corrected chi connectivity index (χ4v) is 8.80. The predicted molar refractivity (Wildman–Crippen MR) is 177 cm³/mol. The van der Waals surface area contributed by atoms with Crippen molar-refractivity contribution in [2.24, 2.45) is 28.4 Å². The highest BCUT2D eigenvalue weighted by molar-refractivity contribution is 6.34. The Morgan fingerprint density at radius 2 is 1.79 bits per heavy atom. The van der Waals surface area contributed by atoms with Crippen LogP contribution >= 0.6 is 11.6 Å². The molecule has 0 amide bonds. The minimum absolute atomic E-state index is 0.104. The van der Waals surface area contributed by atoms with Gasteiger partial charge in [0.1, 0.15) is 5.84 Å². The van der Waals surface area contributed by atoms with Gasteiger partial charge in [0, 0.05) is 25.5 Å². The summed E-state index contributed by atoms with van der Waals surface area (Å²) >= 11 is 6.56. The van der Waals surface area contributed by atoms with Crippen LogP contribution in [0.1, 0.15) is 98.0 Å². The van der Waals surface area contributed by atoms with E-state index in [2.05, 4.69) is 33.4 Å². The Kier molecular flexibility index (Phi) is 9.13. The summed E-state index contributed by atoms with van der Waals surface area (Å²) in [6.45, 7) is 3.47. The van der Waals surface area contributed by atoms with Crippen LogP contribution in [-0.4, -0.2) is 43.7 Å². The molecule has 5 N–H and O–H groups in total. The van der Waals surface area contributed by atoms with Crippen LogP contribution in [0.25, 0.3) is 0 Å². The number of fused-ring (bicyclic) bond motifs is 2. The smallest absolute Gasteiger partial charge is 0.153 e. The molecule has 0 radical (unpaired) electrons. The van der Waals surface area contributed by atoms with Crippen molar-refractivity contribution in [2.75, 3.05) is 31.6 Å². The molecule has 0 bridgehead atoms. The first-order valence-electron chi connectivity index (χ1n) is 16.3. The van der Waals surface area contributed by atoms with Gasteiger partial charge >= 0.3 is 0 Å². The van der Waals surface area contributed by atoms with Crippen LogP contribution in [0.3, 0.4) is 0 Å². The Hall–Kier alpha value is -2.87. The van der Waals surface area contributed by atoms with Gasteiger partial charge in [0.15, 0.2) is 6.29 Å². The molecule has 2 aromatic rings. The van der Waals surface area contributed by atoms with E-state index in [0.29, 0.717) is 22.4 Å². The standard InChI is InChI=1S/C35H47ClN6O/c1-39-34-35(16-3-2-4-17-35)29-13-12-27(20-33(29)42(34)32-7-5-6-30(36)28(32)23-43)25-14-18-41(19-15-25)22-24-8-10-26(11-9-24)31(37)21-40-38/h5-7,12-13,20-21,23-26,40H,2-4,8-11,14-19,22,37-38H2,1H3/b31-21-,39-34?. The number of aliphatic imine (C=N–C) groups is 1. The van der Waals surface area contributed by atoms with Crippen molar-refractivity contribution in [1.82, 2.24) is 10.3 Å². The van der Waals surface area contributed by atoms with Gasteiger partial charge in [-0.2, -0.15) is 0 Å². The van der Waals surface area contributed by atoms with Crippen LogP contribution in [0.2, 0.25) is 5.02 Å². The van der Waals surface area contributed by atoms with E-state index in [-0.39, 0.29) is 5.41 Å². The molecule has 1 spiro atoms. The van der Waals surface area contributed by atoms with E-state index in [4.69, 9.17) is 28.2 Å². The molecule has 2 heterocycles. The highest BCUT2D eigenvalue weighted by atomic mass is 35.5. The zero-order chi connectivity index (χ0) is 30.0. The Morgan fingerprint density at radius 3 is 2.47 bits per heavy atom. The quantitative estimate of drug-likeness (QED) is 0.183. The van der Waals surface area contributed by atoms with E-state index in [0.717, 1.165) is 68.2 Å². The Balaban J connectivity index is 1.20. The van der Waals surface area contributed by atoms with Gasteiger partial charge in [-0.15, -0.1) is 0 Å². The third-order valence-electron chi connectivity index (χ3n) is 10.9. The third kappa shape index (κ3) is 5.72. The van der Waals surface area contributed by atoms with Crippen molar-refractivity contribution in [1.29, 1.82) is 0 Å². The molecule has 4 aliphatic rings. The number of halogens is 1. The highest BCUT2D eigenvalue weighted by Crippen LogP contribution is 2.54. The van der Waals surface area contributed by atoms with Crippen LogP contribution in [0.4, 0.5) is 11.4 Å². The van der Waals surface area contributed by atoms with E-state index in [9.17, 15) is 4.79 Å². The molecule has 2 saturated carbocycles. The lowest BCUT2D eigenvalue weighted by Gasteiger charge is -2.37. The molecule has 43 heavy (non-hydrogen) atoms. The van der Waals surface area contributed by atoms with Crippen molar-refractivity contribution < 1.29 is 4.79 Å². The summed E-state index contributed by atoms with van der Waals surface area (Å²) in [5.41, 5.74) is 14.9. The summed E-state index contributed by atoms with van der Waals surface area (Å²) in [4.78, 5) is 22.1. The molecule has 6 rings (SSSR count). The monoisotopic (exact) mass is 602 g/mol. The number of aldehydes is 1. The normalized spacial score (nSPS) is 25.7. The van der Waals surface area contributed by atoms with Crippen LogP contribution in [0.15, 0.2) is 53.3 Å². The third-order valence-corrected chi connectivity index (χ3v) is 11.2. The molecular formula is C35H47ClN6O. The summed E-state index contributed by atoms with van der Waals surface area (Å²) in [7, 11) is 1.90. The topological polar surface area (TPSA) is 100.0 Å². The van der Waals surface area contributed by atoms with Gasteiger partial charge in [-0.1, -0.05) is 49.1 Å². The number of nitrogens with zero attached hydrogens (tertiary/aromatic N) is 3. The maximum absolute atomic E-state index is 12.3. The van der Waals surface area contributed by atoms with E-state index in [1.807, 2.05) is 19.2 Å². The number of hydrazine groups is 1. The summed E-state index contributed by atoms with van der Waals surface area (Å²) in [5.74, 6) is 8.23. The maximum atomic E-state index is 12.3. The molecule has 0 unspecified atom stereocenters. The summed E-state index contributed by atoms with van der Waals surface area (Å²) < 4.78 is 0. The molecule has 2 aromatic carbocycles. The van der Waals surface area contributed by atoms with Gasteiger partial charge in [-0.05, 0) is 112 Å². The van der Waals surface area contributed by atoms with Gasteiger partial charge in [0.2, 0.25) is 0 Å². The Bertz CT molecular complexity index is 1370. The number of nitrogens with one attached hydrogen (secondary N) is 1. The zero-order valence-electron chi connectivity index (χ0n) is 25.5. The van der Waals surface area contributed by atoms with E-state index >= 15 is 0 Å². The summed E-state index contributed by atoms with van der Waals surface area (Å²) in [6, 6.07) is 12.9. The molecule has 3 fully saturated rings. The Labute approximate surface area is 261 Å². The number of benzene rings is 2. The van der Waals surface area contributed by atoms with Crippen molar-refractivity contribution in [3.05, 3.63) is 70.0 Å². The molecule has 1 saturated heterocycles. The average molecular weight is 603 g/mol. The van der Waals surface area contributed by atoms with E-state index in [1.54, 1.807) is 12.3 Å². The van der Waals surface area contributed by atoms with Gasteiger partial charge < -0.3 is 16.1 Å². The number of allylic oxidation sites excluding steroid dienone is 1. The van der Waals surface area contributed by atoms with Crippen LogP contribution in [0, 0.1) is 11.8 Å². The van der Waals surface area contributed by atoms with E-state index < -0.39 is 0 Å². The second-order valence-electron chi connectivity index (χ2n) is 13.2. The second-order valence-corrected chi connectivity index (χ2v) is 13.6. The number of amidine groups is 1. The average Bonchev–Trinajstić information content (AvgIpc) is 3.29. The minimum atomic E-state index is -0.104. The van der Waals surface area contributed by atoms with Crippen molar-refractivity contribution >= 4 is 35.1 Å². The number of hydrogen-bond acceptors (Lipinski definition) is 6. The lowest BCUT2D eigenvalue weighted by atomic mass is 9.69. The first-order chi connectivity index (χ1) is 21.0. The molecule has 7 nitrogen and oxygen atoms in total. The zero-order valence-corrected chi connectivity index (χ0v) is 26.3. The van der Waals surface area contributed by atoms with Crippen LogP contribution in [0.5, 0.6) is 0 Å². The van der Waals surface area contributed by atoms with E-state index in [1.165, 1.54) is 68.3 Å². The van der Waals surface area contributed by atoms with Crippen LogP contribution in [-0.2, 0) is 5.41 Å². The number of carbonyl (C=O) groups excluding carboxylic acids is 1. The molecule has 8 heteroatoms. The fraction of sp³-hybridized carbons (Fsp3) is 0.543. The highest BCUT2D eigenvalue weighted by Gasteiger charge is 2.50. The van der Waals surface area contributed by atoms with Gasteiger partial charge in [0.25, 0.3) is 0 Å². The number of hydrogen-bond donors (Lipinski definition) is 3. The van der Waals surface area contributed by atoms with Crippen molar-refractivity contribution in [3.8, 4) is 0 Å². The van der Waals surface area contributed by atoms with Crippen molar-refractivity contribution in [2.45, 2.75) is 82.0 Å². The molecule has 0 atom stereocenters. The predicted octanol–water partition coefficient (Wildman–Crippen LogP) is 6.78. The van der Waals surface area contributed by atoms with Crippen LogP contribution < -0.4 is 21.9 Å².